The van der Waals surface area contributed by atoms with Crippen LogP contribution in [0.2, 0.25) is 0 Å². The van der Waals surface area contributed by atoms with E-state index in [2.05, 4.69) is 0 Å². The first-order valence-corrected chi connectivity index (χ1v) is 5.81. The predicted octanol–water partition coefficient (Wildman–Crippen LogP) is 3.92. The first kappa shape index (κ1) is 11.7. The van der Waals surface area contributed by atoms with E-state index in [0.717, 1.165) is 17.7 Å². The van der Waals surface area contributed by atoms with Crippen LogP contribution in [0.1, 0.15) is 15.9 Å². The zero-order valence-electron chi connectivity index (χ0n) is 8.69. The Morgan fingerprint density at radius 2 is 2.00 bits per heavy atom. The lowest BCUT2D eigenvalue weighted by Crippen LogP contribution is -1.96. The third kappa shape index (κ3) is 2.85. The monoisotopic (exact) mass is 250 g/mol. The number of halogens is 2. The molecular formula is C13H8F2OS. The molecule has 0 saturated heterocycles. The Bertz CT molecular complexity index is 559. The molecule has 1 aromatic carbocycles. The number of rotatable bonds is 3. The number of hydrogen-bond acceptors (Lipinski definition) is 2. The van der Waals surface area contributed by atoms with E-state index in [9.17, 15) is 13.6 Å². The molecule has 1 nitrogen and oxygen atoms in total. The minimum atomic E-state index is -1.01. The molecular weight excluding hydrogens is 242 g/mol. The van der Waals surface area contributed by atoms with Gasteiger partial charge in [0.1, 0.15) is 0 Å². The number of allylic oxidation sites excluding steroid dienone is 1. The van der Waals surface area contributed by atoms with Crippen molar-refractivity contribution < 1.29 is 13.6 Å². The maximum atomic E-state index is 12.9. The van der Waals surface area contributed by atoms with Crippen molar-refractivity contribution in [2.75, 3.05) is 0 Å². The van der Waals surface area contributed by atoms with Gasteiger partial charge in [-0.05, 0) is 46.7 Å². The van der Waals surface area contributed by atoms with Gasteiger partial charge in [-0.2, -0.15) is 11.3 Å². The van der Waals surface area contributed by atoms with Crippen molar-refractivity contribution >= 4 is 23.2 Å². The highest BCUT2D eigenvalue weighted by atomic mass is 32.1. The average molecular weight is 250 g/mol. The highest BCUT2D eigenvalue weighted by Crippen LogP contribution is 2.12. The van der Waals surface area contributed by atoms with Crippen molar-refractivity contribution in [2.24, 2.45) is 0 Å². The Kier molecular flexibility index (Phi) is 3.44. The summed E-state index contributed by atoms with van der Waals surface area (Å²) in [6.45, 7) is 0. The van der Waals surface area contributed by atoms with Crippen LogP contribution < -0.4 is 0 Å². The Morgan fingerprint density at radius 3 is 2.65 bits per heavy atom. The number of hydrogen-bond donors (Lipinski definition) is 0. The Balaban J connectivity index is 2.17. The molecule has 86 valence electrons. The number of thiophene rings is 1. The largest absolute Gasteiger partial charge is 0.289 e. The maximum absolute atomic E-state index is 12.9. The number of carbonyl (C=O) groups is 1. The summed E-state index contributed by atoms with van der Waals surface area (Å²) in [5, 5.41) is 3.77. The second kappa shape index (κ2) is 5.01. The number of ketones is 1. The molecule has 0 unspecified atom stereocenters. The van der Waals surface area contributed by atoms with E-state index in [1.165, 1.54) is 23.5 Å². The summed E-state index contributed by atoms with van der Waals surface area (Å²) in [6.07, 6.45) is 2.98. The molecule has 0 atom stereocenters. The van der Waals surface area contributed by atoms with E-state index < -0.39 is 11.6 Å². The summed E-state index contributed by atoms with van der Waals surface area (Å²) in [5.41, 5.74) is 1.04. The van der Waals surface area contributed by atoms with Gasteiger partial charge in [-0.1, -0.05) is 6.08 Å². The van der Waals surface area contributed by atoms with Crippen LogP contribution in [-0.2, 0) is 0 Å². The molecule has 4 heteroatoms. The fourth-order valence-corrected chi connectivity index (χ4v) is 1.92. The fraction of sp³-hybridized carbons (Fsp3) is 0. The molecule has 0 aliphatic heterocycles. The van der Waals surface area contributed by atoms with Crippen LogP contribution in [0.5, 0.6) is 0 Å². The molecule has 17 heavy (non-hydrogen) atoms. The molecule has 0 saturated carbocycles. The number of benzene rings is 1. The van der Waals surface area contributed by atoms with Crippen molar-refractivity contribution in [1.29, 1.82) is 0 Å². The van der Waals surface area contributed by atoms with Crippen LogP contribution >= 0.6 is 11.3 Å². The minimum absolute atomic E-state index is 0.135. The molecule has 0 aliphatic rings. The maximum Gasteiger partial charge on any atom is 0.185 e. The lowest BCUT2D eigenvalue weighted by atomic mass is 10.1. The van der Waals surface area contributed by atoms with Crippen molar-refractivity contribution in [3.05, 3.63) is 63.9 Å². The zero-order valence-corrected chi connectivity index (χ0v) is 9.51. The molecule has 0 aliphatic carbocycles. The molecule has 0 fully saturated rings. The molecule has 0 amide bonds. The molecule has 0 N–H and O–H groups in total. The van der Waals surface area contributed by atoms with Gasteiger partial charge in [-0.3, -0.25) is 4.79 Å². The molecule has 1 heterocycles. The van der Waals surface area contributed by atoms with Gasteiger partial charge in [-0.25, -0.2) is 8.78 Å². The Morgan fingerprint density at radius 1 is 1.18 bits per heavy atom. The average Bonchev–Trinajstić information content (AvgIpc) is 2.82. The molecule has 0 spiro atoms. The summed E-state index contributed by atoms with van der Waals surface area (Å²) < 4.78 is 25.6. The van der Waals surface area contributed by atoms with Gasteiger partial charge in [0.15, 0.2) is 17.4 Å². The summed E-state index contributed by atoms with van der Waals surface area (Å²) in [4.78, 5) is 11.6. The van der Waals surface area contributed by atoms with Crippen molar-refractivity contribution in [2.45, 2.75) is 0 Å². The quantitative estimate of drug-likeness (QED) is 0.596. The third-order valence-corrected chi connectivity index (χ3v) is 2.88. The van der Waals surface area contributed by atoms with Crippen molar-refractivity contribution in [3.8, 4) is 0 Å². The van der Waals surface area contributed by atoms with Crippen LogP contribution in [0.3, 0.4) is 0 Å². The van der Waals surface area contributed by atoms with Gasteiger partial charge in [0, 0.05) is 5.56 Å². The van der Waals surface area contributed by atoms with Crippen LogP contribution in [0, 0.1) is 11.6 Å². The summed E-state index contributed by atoms with van der Waals surface area (Å²) >= 11 is 1.52. The summed E-state index contributed by atoms with van der Waals surface area (Å²) in [6, 6.07) is 4.97. The van der Waals surface area contributed by atoms with E-state index >= 15 is 0 Å². The molecule has 0 bridgehead atoms. The van der Waals surface area contributed by atoms with E-state index in [0.29, 0.717) is 0 Å². The van der Waals surface area contributed by atoms with Gasteiger partial charge in [-0.15, -0.1) is 0 Å². The number of carbonyl (C=O) groups excluding carboxylic acids is 1. The second-order valence-corrected chi connectivity index (χ2v) is 4.16. The first-order chi connectivity index (χ1) is 8.16. The highest BCUT2D eigenvalue weighted by Gasteiger charge is 2.06. The lowest BCUT2D eigenvalue weighted by molar-refractivity contribution is 0.104. The SMILES string of the molecule is O=C(C=Cc1ccsc1)c1ccc(F)c(F)c1. The third-order valence-electron chi connectivity index (χ3n) is 2.17. The minimum Gasteiger partial charge on any atom is -0.289 e. The van der Waals surface area contributed by atoms with Gasteiger partial charge < -0.3 is 0 Å². The summed E-state index contributed by atoms with van der Waals surface area (Å²) in [5.74, 6) is -2.32. The second-order valence-electron chi connectivity index (χ2n) is 3.38. The Labute approximate surface area is 101 Å². The Hall–Kier alpha value is -1.81. The zero-order chi connectivity index (χ0) is 12.3. The highest BCUT2D eigenvalue weighted by molar-refractivity contribution is 7.08. The fourth-order valence-electron chi connectivity index (χ4n) is 1.29. The van der Waals surface area contributed by atoms with Crippen LogP contribution in [-0.4, -0.2) is 5.78 Å². The standard InChI is InChI=1S/C13H8F2OS/c14-11-3-2-10(7-12(11)15)13(16)4-1-9-5-6-17-8-9/h1-8H. The normalized spacial score (nSPS) is 10.9. The molecule has 2 aromatic rings. The summed E-state index contributed by atoms with van der Waals surface area (Å²) in [7, 11) is 0. The van der Waals surface area contributed by atoms with Gasteiger partial charge in [0.05, 0.1) is 0 Å². The van der Waals surface area contributed by atoms with Gasteiger partial charge in [0.2, 0.25) is 0 Å². The van der Waals surface area contributed by atoms with Crippen LogP contribution in [0.15, 0.2) is 41.1 Å². The first-order valence-electron chi connectivity index (χ1n) is 4.86. The van der Waals surface area contributed by atoms with E-state index in [1.807, 2.05) is 16.8 Å². The molecule has 2 rings (SSSR count). The van der Waals surface area contributed by atoms with E-state index in [-0.39, 0.29) is 11.3 Å². The van der Waals surface area contributed by atoms with E-state index in [1.54, 1.807) is 6.08 Å². The van der Waals surface area contributed by atoms with Crippen molar-refractivity contribution in [1.82, 2.24) is 0 Å². The van der Waals surface area contributed by atoms with Gasteiger partial charge >= 0.3 is 0 Å². The van der Waals surface area contributed by atoms with Crippen LogP contribution in [0.4, 0.5) is 8.78 Å². The smallest absolute Gasteiger partial charge is 0.185 e. The topological polar surface area (TPSA) is 17.1 Å². The van der Waals surface area contributed by atoms with Gasteiger partial charge in [0.25, 0.3) is 0 Å². The lowest BCUT2D eigenvalue weighted by Gasteiger charge is -1.96. The predicted molar refractivity (Wildman–Crippen MR) is 64.0 cm³/mol. The van der Waals surface area contributed by atoms with E-state index in [4.69, 9.17) is 0 Å². The molecule has 0 radical (unpaired) electrons. The molecule has 1 aromatic heterocycles. The van der Waals surface area contributed by atoms with Crippen molar-refractivity contribution in [3.63, 3.8) is 0 Å². The van der Waals surface area contributed by atoms with Crippen LogP contribution in [0.25, 0.3) is 6.08 Å².